The van der Waals surface area contributed by atoms with Crippen molar-refractivity contribution in [3.05, 3.63) is 60.0 Å². The van der Waals surface area contributed by atoms with Crippen molar-refractivity contribution < 1.29 is 4.79 Å². The Morgan fingerprint density at radius 1 is 1.26 bits per heavy atom. The van der Waals surface area contributed by atoms with Crippen LogP contribution in [0.3, 0.4) is 0 Å². The standard InChI is InChI=1S/C18H18N4O/c23-18(14-6-7-16-13(10-14)4-3-8-19-16)22-9-2-1-5-17(22)15-11-20-21-12-15/h3-4,6-8,10-12,17H,1-2,5,9H2,(H,20,21). The summed E-state index contributed by atoms with van der Waals surface area (Å²) in [5.74, 6) is 0.0849. The molecule has 1 aromatic carbocycles. The molecule has 4 rings (SSSR count). The van der Waals surface area contributed by atoms with Gasteiger partial charge in [0.1, 0.15) is 0 Å². The fourth-order valence-electron chi connectivity index (χ4n) is 3.34. The average molecular weight is 306 g/mol. The van der Waals surface area contributed by atoms with Gasteiger partial charge in [0.05, 0.1) is 17.8 Å². The lowest BCUT2D eigenvalue weighted by Gasteiger charge is -2.35. The van der Waals surface area contributed by atoms with Gasteiger partial charge < -0.3 is 4.90 Å². The molecule has 116 valence electrons. The van der Waals surface area contributed by atoms with Gasteiger partial charge in [-0.1, -0.05) is 6.07 Å². The Kier molecular flexibility index (Phi) is 3.54. The zero-order valence-electron chi connectivity index (χ0n) is 12.8. The lowest BCUT2D eigenvalue weighted by molar-refractivity contribution is 0.0612. The van der Waals surface area contributed by atoms with Crippen molar-refractivity contribution in [1.82, 2.24) is 20.1 Å². The zero-order valence-corrected chi connectivity index (χ0v) is 12.8. The van der Waals surface area contributed by atoms with Crippen molar-refractivity contribution >= 4 is 16.8 Å². The number of aromatic amines is 1. The van der Waals surface area contributed by atoms with Crippen LogP contribution in [0.5, 0.6) is 0 Å². The van der Waals surface area contributed by atoms with Gasteiger partial charge in [-0.2, -0.15) is 5.10 Å². The van der Waals surface area contributed by atoms with Gasteiger partial charge in [0.2, 0.25) is 0 Å². The fraction of sp³-hybridized carbons (Fsp3) is 0.278. The monoisotopic (exact) mass is 306 g/mol. The summed E-state index contributed by atoms with van der Waals surface area (Å²) in [4.78, 5) is 19.3. The van der Waals surface area contributed by atoms with Crippen LogP contribution in [0.2, 0.25) is 0 Å². The first-order chi connectivity index (χ1) is 11.3. The van der Waals surface area contributed by atoms with E-state index in [1.165, 1.54) is 0 Å². The van der Waals surface area contributed by atoms with Crippen LogP contribution in [-0.2, 0) is 0 Å². The number of nitrogens with one attached hydrogen (secondary N) is 1. The predicted molar refractivity (Wildman–Crippen MR) is 88.0 cm³/mol. The van der Waals surface area contributed by atoms with Gasteiger partial charge in [-0.25, -0.2) is 0 Å². The number of aromatic nitrogens is 3. The number of amides is 1. The molecule has 1 N–H and O–H groups in total. The predicted octanol–water partition coefficient (Wildman–Crippen LogP) is 3.33. The van der Waals surface area contributed by atoms with E-state index in [9.17, 15) is 4.79 Å². The Morgan fingerprint density at radius 2 is 2.22 bits per heavy atom. The van der Waals surface area contributed by atoms with E-state index < -0.39 is 0 Å². The molecule has 0 spiro atoms. The quantitative estimate of drug-likeness (QED) is 0.790. The summed E-state index contributed by atoms with van der Waals surface area (Å²) in [7, 11) is 0. The van der Waals surface area contributed by atoms with Gasteiger partial charge in [0, 0.05) is 35.5 Å². The molecule has 2 aromatic heterocycles. The first-order valence-corrected chi connectivity index (χ1v) is 7.97. The Hall–Kier alpha value is -2.69. The van der Waals surface area contributed by atoms with Crippen molar-refractivity contribution in [3.8, 4) is 0 Å². The molecule has 0 saturated carbocycles. The van der Waals surface area contributed by atoms with Crippen LogP contribution in [0.1, 0.15) is 41.2 Å². The van der Waals surface area contributed by atoms with E-state index in [0.717, 1.165) is 47.8 Å². The molecule has 5 heteroatoms. The number of carbonyl (C=O) groups is 1. The Bertz CT molecular complexity index is 828. The fourth-order valence-corrected chi connectivity index (χ4v) is 3.34. The van der Waals surface area contributed by atoms with E-state index in [-0.39, 0.29) is 11.9 Å². The second-order valence-corrected chi connectivity index (χ2v) is 5.95. The maximum Gasteiger partial charge on any atom is 0.254 e. The lowest BCUT2D eigenvalue weighted by Crippen LogP contribution is -2.38. The maximum absolute atomic E-state index is 13.0. The second-order valence-electron chi connectivity index (χ2n) is 5.95. The van der Waals surface area contributed by atoms with Gasteiger partial charge in [-0.05, 0) is 43.5 Å². The normalized spacial score (nSPS) is 18.3. The van der Waals surface area contributed by atoms with Gasteiger partial charge in [0.15, 0.2) is 0 Å². The number of piperidine rings is 1. The highest BCUT2D eigenvalue weighted by Gasteiger charge is 2.29. The zero-order chi connectivity index (χ0) is 15.6. The molecule has 1 atom stereocenters. The third-order valence-electron chi connectivity index (χ3n) is 4.52. The Balaban J connectivity index is 1.67. The van der Waals surface area contributed by atoms with Gasteiger partial charge in [-0.3, -0.25) is 14.9 Å². The molecule has 5 nitrogen and oxygen atoms in total. The first kappa shape index (κ1) is 13.9. The topological polar surface area (TPSA) is 61.9 Å². The smallest absolute Gasteiger partial charge is 0.254 e. The number of hydrogen-bond donors (Lipinski definition) is 1. The summed E-state index contributed by atoms with van der Waals surface area (Å²) >= 11 is 0. The highest BCUT2D eigenvalue weighted by molar-refractivity contribution is 5.98. The molecule has 1 amide bonds. The Labute approximate surface area is 134 Å². The van der Waals surface area contributed by atoms with Crippen molar-refractivity contribution in [2.75, 3.05) is 6.54 Å². The first-order valence-electron chi connectivity index (χ1n) is 7.97. The number of H-pyrrole nitrogens is 1. The molecule has 3 aromatic rings. The molecule has 23 heavy (non-hydrogen) atoms. The maximum atomic E-state index is 13.0. The molecule has 1 aliphatic rings. The highest BCUT2D eigenvalue weighted by atomic mass is 16.2. The third-order valence-corrected chi connectivity index (χ3v) is 4.52. The van der Waals surface area contributed by atoms with Crippen molar-refractivity contribution in [2.24, 2.45) is 0 Å². The summed E-state index contributed by atoms with van der Waals surface area (Å²) in [6, 6.07) is 9.72. The summed E-state index contributed by atoms with van der Waals surface area (Å²) in [5, 5.41) is 7.88. The molecule has 1 aliphatic heterocycles. The molecule has 0 aliphatic carbocycles. The van der Waals surface area contributed by atoms with Crippen LogP contribution < -0.4 is 0 Å². The number of hydrogen-bond acceptors (Lipinski definition) is 3. The third kappa shape index (κ3) is 2.59. The van der Waals surface area contributed by atoms with E-state index in [2.05, 4.69) is 15.2 Å². The molecule has 1 saturated heterocycles. The number of likely N-dealkylation sites (tertiary alicyclic amines) is 1. The van der Waals surface area contributed by atoms with Crippen molar-refractivity contribution in [1.29, 1.82) is 0 Å². The molecule has 1 unspecified atom stereocenters. The van der Waals surface area contributed by atoms with Crippen LogP contribution in [0.4, 0.5) is 0 Å². The molecular formula is C18H18N4O. The van der Waals surface area contributed by atoms with E-state index in [1.54, 1.807) is 6.20 Å². The van der Waals surface area contributed by atoms with E-state index in [1.807, 2.05) is 47.6 Å². The lowest BCUT2D eigenvalue weighted by atomic mass is 9.96. The summed E-state index contributed by atoms with van der Waals surface area (Å²) < 4.78 is 0. The number of rotatable bonds is 2. The van der Waals surface area contributed by atoms with Gasteiger partial charge in [-0.15, -0.1) is 0 Å². The van der Waals surface area contributed by atoms with Crippen LogP contribution in [0.25, 0.3) is 10.9 Å². The van der Waals surface area contributed by atoms with Crippen LogP contribution in [-0.4, -0.2) is 32.5 Å². The van der Waals surface area contributed by atoms with Crippen molar-refractivity contribution in [3.63, 3.8) is 0 Å². The molecular weight excluding hydrogens is 288 g/mol. The SMILES string of the molecule is O=C(c1ccc2ncccc2c1)N1CCCCC1c1cn[nH]c1. The summed E-state index contributed by atoms with van der Waals surface area (Å²) in [6.07, 6.45) is 8.65. The van der Waals surface area contributed by atoms with Gasteiger partial charge in [0.25, 0.3) is 5.91 Å². The van der Waals surface area contributed by atoms with Gasteiger partial charge >= 0.3 is 0 Å². The minimum absolute atomic E-state index is 0.0849. The highest BCUT2D eigenvalue weighted by Crippen LogP contribution is 2.31. The summed E-state index contributed by atoms with van der Waals surface area (Å²) in [5.41, 5.74) is 2.72. The second kappa shape index (κ2) is 5.83. The molecule has 0 bridgehead atoms. The Morgan fingerprint density at radius 3 is 3.09 bits per heavy atom. The number of benzene rings is 1. The van der Waals surface area contributed by atoms with Crippen LogP contribution in [0.15, 0.2) is 48.9 Å². The minimum atomic E-state index is 0.0849. The number of carbonyl (C=O) groups excluding carboxylic acids is 1. The molecule has 1 fully saturated rings. The minimum Gasteiger partial charge on any atom is -0.331 e. The number of fused-ring (bicyclic) bond motifs is 1. The van der Waals surface area contributed by atoms with Crippen molar-refractivity contribution in [2.45, 2.75) is 25.3 Å². The summed E-state index contributed by atoms with van der Waals surface area (Å²) in [6.45, 7) is 0.791. The number of pyridine rings is 1. The molecule has 3 heterocycles. The average Bonchev–Trinajstić information content (AvgIpc) is 3.15. The van der Waals surface area contributed by atoms with E-state index >= 15 is 0 Å². The largest absolute Gasteiger partial charge is 0.331 e. The van der Waals surface area contributed by atoms with E-state index in [4.69, 9.17) is 0 Å². The van der Waals surface area contributed by atoms with Crippen LogP contribution >= 0.6 is 0 Å². The van der Waals surface area contributed by atoms with Crippen LogP contribution in [0, 0.1) is 0 Å². The van der Waals surface area contributed by atoms with E-state index in [0.29, 0.717) is 0 Å². The molecule has 0 radical (unpaired) electrons. The number of nitrogens with zero attached hydrogens (tertiary/aromatic N) is 3.